The Morgan fingerprint density at radius 1 is 1.47 bits per heavy atom. The maximum absolute atomic E-state index is 10.9. The van der Waals surface area contributed by atoms with Crippen molar-refractivity contribution in [3.05, 3.63) is 23.8 Å². The summed E-state index contributed by atoms with van der Waals surface area (Å²) < 4.78 is 26.8. The molecular formula is C8H6ClNO4S. The third-order valence-corrected chi connectivity index (χ3v) is 2.85. The molecule has 0 bridgehead atoms. The molecule has 1 aromatic heterocycles. The molecule has 0 atom stereocenters. The second kappa shape index (κ2) is 3.48. The Labute approximate surface area is 89.7 Å². The van der Waals surface area contributed by atoms with Crippen molar-refractivity contribution in [1.29, 1.82) is 0 Å². The van der Waals surface area contributed by atoms with E-state index in [9.17, 15) is 8.42 Å². The fraction of sp³-hybridized carbons (Fsp3) is 0.125. The number of benzene rings is 1. The van der Waals surface area contributed by atoms with Crippen LogP contribution in [0.3, 0.4) is 0 Å². The smallest absolute Gasteiger partial charge is 0.332 e. The summed E-state index contributed by atoms with van der Waals surface area (Å²) in [6.07, 6.45) is 0. The number of aromatic nitrogens is 1. The fourth-order valence-electron chi connectivity index (χ4n) is 1.22. The lowest BCUT2D eigenvalue weighted by atomic mass is 10.2. The Balaban J connectivity index is 2.76. The molecule has 0 aliphatic heterocycles. The van der Waals surface area contributed by atoms with E-state index in [1.54, 1.807) is 18.2 Å². The second-order valence-corrected chi connectivity index (χ2v) is 5.28. The van der Waals surface area contributed by atoms with E-state index in [0.717, 1.165) is 0 Å². The van der Waals surface area contributed by atoms with E-state index < -0.39 is 14.3 Å². The Bertz CT molecular complexity index is 604. The summed E-state index contributed by atoms with van der Waals surface area (Å²) in [5, 5.41) is 8.43. The van der Waals surface area contributed by atoms with Crippen molar-refractivity contribution in [3.63, 3.8) is 0 Å². The minimum Gasteiger partial charge on any atom is -0.427 e. The molecule has 1 heterocycles. The molecule has 0 unspecified atom stereocenters. The van der Waals surface area contributed by atoms with Crippen LogP contribution in [0.25, 0.3) is 11.1 Å². The highest BCUT2D eigenvalue weighted by atomic mass is 35.7. The highest BCUT2D eigenvalue weighted by molar-refractivity contribution is 8.13. The minimum atomic E-state index is -3.98. The summed E-state index contributed by atoms with van der Waals surface area (Å²) in [4.78, 5) is 3.71. The van der Waals surface area contributed by atoms with Gasteiger partial charge in [-0.05, 0) is 6.07 Å². The molecule has 7 heteroatoms. The molecule has 1 N–H and O–H groups in total. The Morgan fingerprint density at radius 2 is 2.20 bits per heavy atom. The molecular weight excluding hydrogens is 242 g/mol. The molecule has 0 saturated carbocycles. The van der Waals surface area contributed by atoms with Crippen LogP contribution in [0.15, 0.2) is 27.8 Å². The van der Waals surface area contributed by atoms with Gasteiger partial charge in [-0.25, -0.2) is 8.42 Å². The van der Waals surface area contributed by atoms with E-state index in [-0.39, 0.29) is 12.2 Å². The minimum absolute atomic E-state index is 0.244. The van der Waals surface area contributed by atoms with Gasteiger partial charge in [0.05, 0.1) is 6.61 Å². The average Bonchev–Trinajstić information content (AvgIpc) is 2.59. The van der Waals surface area contributed by atoms with Crippen molar-refractivity contribution in [3.8, 4) is 0 Å². The number of nitrogens with zero attached hydrogens (tertiary/aromatic N) is 1. The maximum Gasteiger partial charge on any atom is 0.332 e. The van der Waals surface area contributed by atoms with Gasteiger partial charge in [-0.15, -0.1) is 0 Å². The van der Waals surface area contributed by atoms with Crippen LogP contribution in [0.4, 0.5) is 0 Å². The fourth-order valence-corrected chi connectivity index (χ4v) is 1.80. The number of fused-ring (bicyclic) bond motifs is 1. The number of para-hydroxylation sites is 1. The monoisotopic (exact) mass is 247 g/mol. The maximum atomic E-state index is 10.9. The van der Waals surface area contributed by atoms with Gasteiger partial charge in [-0.1, -0.05) is 12.1 Å². The van der Waals surface area contributed by atoms with Gasteiger partial charge in [0.2, 0.25) is 0 Å². The predicted molar refractivity (Wildman–Crippen MR) is 53.0 cm³/mol. The molecule has 80 valence electrons. The first-order valence-electron chi connectivity index (χ1n) is 3.96. The van der Waals surface area contributed by atoms with E-state index in [1.807, 2.05) is 0 Å². The first kappa shape index (κ1) is 10.4. The predicted octanol–water partition coefficient (Wildman–Crippen LogP) is 1.25. The highest BCUT2D eigenvalue weighted by Gasteiger charge is 2.19. The Morgan fingerprint density at radius 3 is 2.80 bits per heavy atom. The van der Waals surface area contributed by atoms with E-state index in [0.29, 0.717) is 11.1 Å². The summed E-state index contributed by atoms with van der Waals surface area (Å²) in [7, 11) is 1.10. The Kier molecular flexibility index (Phi) is 2.41. The number of rotatable bonds is 2. The molecule has 15 heavy (non-hydrogen) atoms. The summed E-state index contributed by atoms with van der Waals surface area (Å²) in [5.41, 5.74) is 1.07. The van der Waals surface area contributed by atoms with Crippen molar-refractivity contribution in [2.45, 2.75) is 11.8 Å². The van der Waals surface area contributed by atoms with Crippen LogP contribution in [0.2, 0.25) is 0 Å². The van der Waals surface area contributed by atoms with E-state index in [4.69, 9.17) is 20.2 Å². The molecule has 5 nitrogen and oxygen atoms in total. The van der Waals surface area contributed by atoms with Crippen molar-refractivity contribution >= 4 is 30.8 Å². The van der Waals surface area contributed by atoms with Crippen LogP contribution < -0.4 is 0 Å². The van der Waals surface area contributed by atoms with E-state index in [2.05, 4.69) is 4.98 Å². The van der Waals surface area contributed by atoms with Crippen LogP contribution in [-0.4, -0.2) is 18.5 Å². The first-order valence-corrected chi connectivity index (χ1v) is 6.27. The van der Waals surface area contributed by atoms with Crippen LogP contribution in [0, 0.1) is 0 Å². The Hall–Kier alpha value is -1.11. The number of halogens is 1. The van der Waals surface area contributed by atoms with Crippen LogP contribution >= 0.6 is 10.7 Å². The topological polar surface area (TPSA) is 80.4 Å². The summed E-state index contributed by atoms with van der Waals surface area (Å²) in [5.74, 6) is 0. The third kappa shape index (κ3) is 1.83. The molecule has 0 aliphatic rings. The lowest BCUT2D eigenvalue weighted by Crippen LogP contribution is -1.90. The number of aliphatic hydroxyl groups is 1. The van der Waals surface area contributed by atoms with Gasteiger partial charge in [0.15, 0.2) is 5.58 Å². The number of aliphatic hydroxyl groups excluding tert-OH is 1. The normalized spacial score (nSPS) is 12.1. The molecule has 0 saturated heterocycles. The van der Waals surface area contributed by atoms with Crippen molar-refractivity contribution < 1.29 is 17.9 Å². The number of hydrogen-bond acceptors (Lipinski definition) is 5. The molecule has 0 amide bonds. The van der Waals surface area contributed by atoms with Gasteiger partial charge in [-0.2, -0.15) is 4.98 Å². The molecule has 2 aromatic rings. The standard InChI is InChI=1S/C8H6ClNO4S/c9-15(12,13)8-10-7-5(4-11)2-1-3-6(7)14-8/h1-3,11H,4H2. The lowest BCUT2D eigenvalue weighted by Gasteiger charge is -1.93. The van der Waals surface area contributed by atoms with Gasteiger partial charge >= 0.3 is 14.3 Å². The average molecular weight is 248 g/mol. The number of oxazole rings is 1. The summed E-state index contributed by atoms with van der Waals surface area (Å²) >= 11 is 0. The lowest BCUT2D eigenvalue weighted by molar-refractivity contribution is 0.283. The first-order chi connectivity index (χ1) is 7.02. The van der Waals surface area contributed by atoms with Gasteiger partial charge < -0.3 is 9.52 Å². The zero-order valence-corrected chi connectivity index (χ0v) is 8.92. The third-order valence-electron chi connectivity index (χ3n) is 1.86. The van der Waals surface area contributed by atoms with Gasteiger partial charge in [0.25, 0.3) is 0 Å². The zero-order valence-electron chi connectivity index (χ0n) is 7.34. The SMILES string of the molecule is O=S(=O)(Cl)c1nc2c(CO)cccc2o1. The molecule has 0 aliphatic carbocycles. The summed E-state index contributed by atoms with van der Waals surface area (Å²) in [6.45, 7) is -0.244. The van der Waals surface area contributed by atoms with Gasteiger partial charge in [0, 0.05) is 16.2 Å². The van der Waals surface area contributed by atoms with Crippen LogP contribution in [-0.2, 0) is 15.7 Å². The van der Waals surface area contributed by atoms with Crippen molar-refractivity contribution in [2.24, 2.45) is 0 Å². The van der Waals surface area contributed by atoms with Gasteiger partial charge in [-0.3, -0.25) is 0 Å². The zero-order chi connectivity index (χ0) is 11.1. The summed E-state index contributed by atoms with van der Waals surface area (Å²) in [6, 6.07) is 4.80. The quantitative estimate of drug-likeness (QED) is 0.808. The van der Waals surface area contributed by atoms with Gasteiger partial charge in [0.1, 0.15) is 5.52 Å². The van der Waals surface area contributed by atoms with Crippen LogP contribution in [0.1, 0.15) is 5.56 Å². The molecule has 2 rings (SSSR count). The van der Waals surface area contributed by atoms with Crippen molar-refractivity contribution in [1.82, 2.24) is 4.98 Å². The number of hydrogen-bond donors (Lipinski definition) is 1. The molecule has 0 spiro atoms. The van der Waals surface area contributed by atoms with E-state index >= 15 is 0 Å². The van der Waals surface area contributed by atoms with Crippen molar-refractivity contribution in [2.75, 3.05) is 0 Å². The molecule has 0 radical (unpaired) electrons. The van der Waals surface area contributed by atoms with Crippen LogP contribution in [0.5, 0.6) is 0 Å². The van der Waals surface area contributed by atoms with E-state index in [1.165, 1.54) is 0 Å². The second-order valence-electron chi connectivity index (χ2n) is 2.84. The largest absolute Gasteiger partial charge is 0.427 e. The highest BCUT2D eigenvalue weighted by Crippen LogP contribution is 2.23. The molecule has 1 aromatic carbocycles. The molecule has 0 fully saturated rings.